The van der Waals surface area contributed by atoms with Crippen LogP contribution in [0.4, 0.5) is 0 Å². The summed E-state index contributed by atoms with van der Waals surface area (Å²) in [6.45, 7) is 3.41. The highest BCUT2D eigenvalue weighted by Gasteiger charge is 2.10. The van der Waals surface area contributed by atoms with Crippen molar-refractivity contribution >= 4 is 35.6 Å². The summed E-state index contributed by atoms with van der Waals surface area (Å²) < 4.78 is 5.40. The van der Waals surface area contributed by atoms with Crippen LogP contribution in [0.15, 0.2) is 42.5 Å². The molecule has 0 aliphatic rings. The highest BCUT2D eigenvalue weighted by atomic mass is 35.5. The maximum Gasteiger partial charge on any atom is 0.156 e. The van der Waals surface area contributed by atoms with E-state index in [0.29, 0.717) is 35.5 Å². The Morgan fingerprint density at radius 2 is 1.74 bits per heavy atom. The Balaban J connectivity index is 0.00000264. The van der Waals surface area contributed by atoms with E-state index in [4.69, 9.17) is 27.9 Å². The molecule has 0 saturated carbocycles. The average Bonchev–Trinajstić information content (AvgIpc) is 2.51. The van der Waals surface area contributed by atoms with Gasteiger partial charge in [-0.15, -0.1) is 12.4 Å². The molecule has 0 aliphatic heterocycles. The minimum atomic E-state index is -0.546. The molecule has 1 unspecified atom stereocenters. The van der Waals surface area contributed by atoms with Crippen LogP contribution in [0.2, 0.25) is 10.0 Å². The van der Waals surface area contributed by atoms with Crippen LogP contribution in [-0.2, 0) is 6.54 Å². The predicted molar refractivity (Wildman–Crippen MR) is 98.0 cm³/mol. The number of aliphatic hydroxyl groups is 1. The molecule has 2 N–H and O–H groups in total. The lowest BCUT2D eigenvalue weighted by atomic mass is 10.1. The zero-order valence-corrected chi connectivity index (χ0v) is 15.1. The molecular formula is C17H20Cl3NO2. The first-order valence-corrected chi connectivity index (χ1v) is 7.91. The third-order valence-corrected chi connectivity index (χ3v) is 3.76. The van der Waals surface area contributed by atoms with Gasteiger partial charge in [0.05, 0.1) is 22.8 Å². The summed E-state index contributed by atoms with van der Waals surface area (Å²) >= 11 is 12.3. The molecule has 0 aliphatic carbocycles. The average molecular weight is 377 g/mol. The lowest BCUT2D eigenvalue weighted by Gasteiger charge is -2.14. The number of rotatable bonds is 7. The van der Waals surface area contributed by atoms with E-state index in [9.17, 15) is 5.11 Å². The maximum atomic E-state index is 10.1. The highest BCUT2D eigenvalue weighted by Crippen LogP contribution is 2.34. The molecule has 1 atom stereocenters. The van der Waals surface area contributed by atoms with Gasteiger partial charge in [0.1, 0.15) is 0 Å². The molecule has 0 radical (unpaired) electrons. The van der Waals surface area contributed by atoms with E-state index >= 15 is 0 Å². The van der Waals surface area contributed by atoms with Crippen LogP contribution in [0.3, 0.4) is 0 Å². The summed E-state index contributed by atoms with van der Waals surface area (Å²) in [4.78, 5) is 0. The van der Waals surface area contributed by atoms with Crippen LogP contribution >= 0.6 is 35.6 Å². The Bertz CT molecular complexity index is 585. The largest absolute Gasteiger partial charge is 0.491 e. The Labute approximate surface area is 153 Å². The molecule has 2 aromatic carbocycles. The van der Waals surface area contributed by atoms with Crippen molar-refractivity contribution < 1.29 is 9.84 Å². The Hall–Kier alpha value is -0.970. The molecule has 3 nitrogen and oxygen atoms in total. The number of benzene rings is 2. The van der Waals surface area contributed by atoms with Gasteiger partial charge >= 0.3 is 0 Å². The van der Waals surface area contributed by atoms with Crippen molar-refractivity contribution in [1.29, 1.82) is 0 Å². The van der Waals surface area contributed by atoms with Gasteiger partial charge in [-0.25, -0.2) is 0 Å². The van der Waals surface area contributed by atoms with E-state index in [1.807, 2.05) is 49.4 Å². The second-order valence-electron chi connectivity index (χ2n) is 4.88. The first kappa shape index (κ1) is 20.1. The van der Waals surface area contributed by atoms with Crippen LogP contribution in [0.1, 0.15) is 24.2 Å². The molecule has 0 fully saturated rings. The zero-order valence-electron chi connectivity index (χ0n) is 12.8. The number of aliphatic hydroxyl groups excluding tert-OH is 1. The fourth-order valence-electron chi connectivity index (χ4n) is 2.14. The van der Waals surface area contributed by atoms with Crippen LogP contribution in [-0.4, -0.2) is 18.3 Å². The van der Waals surface area contributed by atoms with Crippen molar-refractivity contribution in [1.82, 2.24) is 5.32 Å². The molecule has 0 saturated heterocycles. The lowest BCUT2D eigenvalue weighted by Crippen LogP contribution is -2.21. The van der Waals surface area contributed by atoms with Gasteiger partial charge in [0.25, 0.3) is 0 Å². The smallest absolute Gasteiger partial charge is 0.156 e. The molecule has 0 aromatic heterocycles. The normalized spacial score (nSPS) is 11.7. The summed E-state index contributed by atoms with van der Waals surface area (Å²) in [5.41, 5.74) is 1.83. The predicted octanol–water partition coefficient (Wildman–Crippen LogP) is 4.64. The molecule has 0 bridgehead atoms. The van der Waals surface area contributed by atoms with Gasteiger partial charge in [-0.2, -0.15) is 0 Å². The number of hydrogen-bond acceptors (Lipinski definition) is 3. The van der Waals surface area contributed by atoms with Gasteiger partial charge in [0.15, 0.2) is 5.75 Å². The van der Waals surface area contributed by atoms with Gasteiger partial charge in [0.2, 0.25) is 0 Å². The second kappa shape index (κ2) is 10.0. The van der Waals surface area contributed by atoms with Crippen LogP contribution in [0.25, 0.3) is 0 Å². The van der Waals surface area contributed by atoms with E-state index in [1.165, 1.54) is 0 Å². The maximum absolute atomic E-state index is 10.1. The van der Waals surface area contributed by atoms with Crippen LogP contribution < -0.4 is 10.1 Å². The Morgan fingerprint density at radius 1 is 1.13 bits per heavy atom. The topological polar surface area (TPSA) is 41.5 Å². The molecule has 2 rings (SSSR count). The van der Waals surface area contributed by atoms with E-state index < -0.39 is 6.10 Å². The lowest BCUT2D eigenvalue weighted by molar-refractivity contribution is 0.174. The van der Waals surface area contributed by atoms with E-state index in [2.05, 4.69) is 5.32 Å². The number of nitrogens with one attached hydrogen (secondary N) is 1. The first-order chi connectivity index (χ1) is 10.6. The van der Waals surface area contributed by atoms with E-state index in [0.717, 1.165) is 11.1 Å². The van der Waals surface area contributed by atoms with Gasteiger partial charge in [-0.05, 0) is 30.2 Å². The van der Waals surface area contributed by atoms with Crippen LogP contribution in [0.5, 0.6) is 5.75 Å². The zero-order chi connectivity index (χ0) is 15.9. The fraction of sp³-hybridized carbons (Fsp3) is 0.294. The molecular weight excluding hydrogens is 357 g/mol. The Kier molecular flexibility index (Phi) is 8.74. The first-order valence-electron chi connectivity index (χ1n) is 7.16. The summed E-state index contributed by atoms with van der Waals surface area (Å²) in [7, 11) is 0. The van der Waals surface area contributed by atoms with Crippen molar-refractivity contribution in [2.45, 2.75) is 19.6 Å². The summed E-state index contributed by atoms with van der Waals surface area (Å²) in [6.07, 6.45) is -0.546. The van der Waals surface area contributed by atoms with Gasteiger partial charge in [-0.1, -0.05) is 53.5 Å². The van der Waals surface area contributed by atoms with E-state index in [-0.39, 0.29) is 12.4 Å². The second-order valence-corrected chi connectivity index (χ2v) is 5.69. The number of halogens is 3. The molecule has 126 valence electrons. The number of ether oxygens (including phenoxy) is 1. The summed E-state index contributed by atoms with van der Waals surface area (Å²) in [5.74, 6) is 0.513. The fourth-order valence-corrected chi connectivity index (χ4v) is 2.78. The van der Waals surface area contributed by atoms with Gasteiger partial charge < -0.3 is 15.2 Å². The van der Waals surface area contributed by atoms with Crippen molar-refractivity contribution in [2.75, 3.05) is 13.2 Å². The SMILES string of the molecule is CCOc1c(Cl)cc(CNCC(O)c2ccccc2)cc1Cl.Cl. The molecule has 0 amide bonds. The minimum absolute atomic E-state index is 0. The monoisotopic (exact) mass is 375 g/mol. The van der Waals surface area contributed by atoms with Gasteiger partial charge in [0, 0.05) is 13.1 Å². The summed E-state index contributed by atoms with van der Waals surface area (Å²) in [5, 5.41) is 14.3. The van der Waals surface area contributed by atoms with Crippen molar-refractivity contribution in [2.24, 2.45) is 0 Å². The number of hydrogen-bond donors (Lipinski definition) is 2. The summed E-state index contributed by atoms with van der Waals surface area (Å²) in [6, 6.07) is 13.2. The quantitative estimate of drug-likeness (QED) is 0.740. The Morgan fingerprint density at radius 3 is 2.30 bits per heavy atom. The van der Waals surface area contributed by atoms with E-state index in [1.54, 1.807) is 0 Å². The third kappa shape index (κ3) is 5.87. The van der Waals surface area contributed by atoms with Crippen molar-refractivity contribution in [3.05, 3.63) is 63.6 Å². The molecule has 6 heteroatoms. The molecule has 0 heterocycles. The van der Waals surface area contributed by atoms with Crippen molar-refractivity contribution in [3.8, 4) is 5.75 Å². The molecule has 23 heavy (non-hydrogen) atoms. The molecule has 2 aromatic rings. The van der Waals surface area contributed by atoms with Crippen molar-refractivity contribution in [3.63, 3.8) is 0 Å². The van der Waals surface area contributed by atoms with Crippen LogP contribution in [0, 0.1) is 0 Å². The third-order valence-electron chi connectivity index (χ3n) is 3.20. The standard InChI is InChI=1S/C17H19Cl2NO2.ClH/c1-2-22-17-14(18)8-12(9-15(17)19)10-20-11-16(21)13-6-4-3-5-7-13;/h3-9,16,20-21H,2,10-11H2,1H3;1H. The highest BCUT2D eigenvalue weighted by molar-refractivity contribution is 6.37. The minimum Gasteiger partial charge on any atom is -0.491 e. The molecule has 0 spiro atoms. The van der Waals surface area contributed by atoms with Gasteiger partial charge in [-0.3, -0.25) is 0 Å².